The van der Waals surface area contributed by atoms with Crippen molar-refractivity contribution in [2.75, 3.05) is 5.32 Å². The van der Waals surface area contributed by atoms with Crippen LogP contribution in [0.3, 0.4) is 0 Å². The van der Waals surface area contributed by atoms with Crippen LogP contribution >= 0.6 is 34.9 Å². The van der Waals surface area contributed by atoms with Crippen LogP contribution in [-0.2, 0) is 10.2 Å². The average molecular weight is 563 g/mol. The van der Waals surface area contributed by atoms with Gasteiger partial charge < -0.3 is 15.1 Å². The second-order valence-corrected chi connectivity index (χ2v) is 10.8. The Morgan fingerprint density at radius 1 is 1.06 bits per heavy atom. The molecule has 0 aliphatic rings. The van der Waals surface area contributed by atoms with Gasteiger partial charge in [0, 0.05) is 25.8 Å². The number of benzene rings is 3. The van der Waals surface area contributed by atoms with Crippen LogP contribution in [0.5, 0.6) is 0 Å². The molecule has 0 radical (unpaired) electrons. The Bertz CT molecular complexity index is 1530. The largest absolute Gasteiger partial charge is 0.400 e. The van der Waals surface area contributed by atoms with Gasteiger partial charge in [-0.1, -0.05) is 24.3 Å². The van der Waals surface area contributed by atoms with Crippen LogP contribution in [0.15, 0.2) is 71.2 Å². The van der Waals surface area contributed by atoms with Crippen molar-refractivity contribution >= 4 is 56.5 Å². The van der Waals surface area contributed by atoms with Crippen LogP contribution in [0.4, 0.5) is 14.5 Å². The van der Waals surface area contributed by atoms with Gasteiger partial charge in [-0.15, -0.1) is 11.3 Å². The number of nitrogens with one attached hydrogen (secondary N) is 1. The van der Waals surface area contributed by atoms with E-state index in [1.54, 1.807) is 36.4 Å². The predicted molar refractivity (Wildman–Crippen MR) is 130 cm³/mol. The van der Waals surface area contributed by atoms with Gasteiger partial charge in [-0.2, -0.15) is 14.0 Å². The first-order chi connectivity index (χ1) is 16.0. The minimum absolute atomic E-state index is 0.171. The molecular formula is C23H14BrF2N2O4PS. The molecule has 0 atom stereocenters. The summed E-state index contributed by atoms with van der Waals surface area (Å²) in [6.45, 7) is 0. The fourth-order valence-corrected chi connectivity index (χ4v) is 6.21. The fraction of sp³-hybridized carbons (Fsp3) is 0.0435. The quantitative estimate of drug-likeness (QED) is 0.235. The van der Waals surface area contributed by atoms with Gasteiger partial charge in [0.05, 0.1) is 11.6 Å². The Kier molecular flexibility index (Phi) is 6.42. The van der Waals surface area contributed by atoms with E-state index in [-0.39, 0.29) is 15.4 Å². The number of fused-ring (bicyclic) bond motifs is 1. The average Bonchev–Trinajstić information content (AvgIpc) is 3.15. The van der Waals surface area contributed by atoms with Crippen molar-refractivity contribution in [3.8, 4) is 17.2 Å². The standard InChI is InChI=1S/C23H14BrF2N2O4PS/c24-20-18-11-16(7-8-19(18)34-21(20)23(25,26)33(30,31)32)22(29)28-17-6-2-5-15(10-17)14-4-1-3-13(9-14)12-27/h1-11H,(H,28,29)(H2,30,31,32). The molecule has 6 nitrogen and oxygen atoms in total. The maximum atomic E-state index is 14.3. The summed E-state index contributed by atoms with van der Waals surface area (Å²) in [4.78, 5) is 30.1. The molecule has 4 rings (SSSR count). The van der Waals surface area contributed by atoms with E-state index in [0.717, 1.165) is 11.1 Å². The normalized spacial score (nSPS) is 11.9. The van der Waals surface area contributed by atoms with E-state index in [9.17, 15) is 18.1 Å². The molecule has 0 aliphatic heterocycles. The zero-order valence-corrected chi connectivity index (χ0v) is 20.3. The first-order valence-corrected chi connectivity index (χ1v) is 12.8. The summed E-state index contributed by atoms with van der Waals surface area (Å²) in [6, 6.07) is 20.4. The molecule has 0 fully saturated rings. The summed E-state index contributed by atoms with van der Waals surface area (Å²) < 4.78 is 40.0. The second-order valence-electron chi connectivity index (χ2n) is 7.27. The summed E-state index contributed by atoms with van der Waals surface area (Å²) in [7, 11) is -5.74. The number of nitrogens with zero attached hydrogens (tertiary/aromatic N) is 1. The third kappa shape index (κ3) is 4.53. The van der Waals surface area contributed by atoms with E-state index in [0.29, 0.717) is 27.3 Å². The molecule has 0 bridgehead atoms. The van der Waals surface area contributed by atoms with Gasteiger partial charge in [0.2, 0.25) is 0 Å². The van der Waals surface area contributed by atoms with Crippen LogP contribution < -0.4 is 5.32 Å². The third-order valence-electron chi connectivity index (χ3n) is 4.97. The molecule has 11 heteroatoms. The molecule has 0 unspecified atom stereocenters. The summed E-state index contributed by atoms with van der Waals surface area (Å²) in [5, 5.41) is 12.1. The Hall–Kier alpha value is -2.93. The Balaban J connectivity index is 1.64. The first-order valence-electron chi connectivity index (χ1n) is 9.59. The number of thiophene rings is 1. The Morgan fingerprint density at radius 3 is 2.41 bits per heavy atom. The van der Waals surface area contributed by atoms with Crippen LogP contribution in [0.1, 0.15) is 20.8 Å². The van der Waals surface area contributed by atoms with Crippen LogP contribution in [-0.4, -0.2) is 15.7 Å². The zero-order chi connectivity index (χ0) is 24.7. The number of alkyl halides is 2. The summed E-state index contributed by atoms with van der Waals surface area (Å²) in [5.74, 6) is -0.494. The van der Waals surface area contributed by atoms with Gasteiger partial charge in [-0.3, -0.25) is 9.36 Å². The van der Waals surface area contributed by atoms with E-state index in [1.807, 2.05) is 12.1 Å². The van der Waals surface area contributed by atoms with Crippen molar-refractivity contribution in [1.82, 2.24) is 0 Å². The van der Waals surface area contributed by atoms with Crippen molar-refractivity contribution in [3.63, 3.8) is 0 Å². The number of hydrogen-bond acceptors (Lipinski definition) is 4. The maximum Gasteiger partial charge on any atom is 0.400 e. The lowest BCUT2D eigenvalue weighted by atomic mass is 10.0. The van der Waals surface area contributed by atoms with Gasteiger partial charge in [-0.25, -0.2) is 0 Å². The topological polar surface area (TPSA) is 110 Å². The number of amides is 1. The summed E-state index contributed by atoms with van der Waals surface area (Å²) in [5.41, 5.74) is -1.60. The highest BCUT2D eigenvalue weighted by Crippen LogP contribution is 2.62. The Morgan fingerprint density at radius 2 is 1.74 bits per heavy atom. The number of hydrogen-bond donors (Lipinski definition) is 3. The van der Waals surface area contributed by atoms with Crippen LogP contribution in [0, 0.1) is 11.3 Å². The monoisotopic (exact) mass is 562 g/mol. The molecule has 4 aromatic rings. The number of anilines is 1. The zero-order valence-electron chi connectivity index (χ0n) is 17.0. The van der Waals surface area contributed by atoms with Gasteiger partial charge in [0.25, 0.3) is 5.91 Å². The van der Waals surface area contributed by atoms with Gasteiger partial charge in [-0.05, 0) is 69.5 Å². The SMILES string of the molecule is N#Cc1cccc(-c2cccc(NC(=O)c3ccc4sc(C(F)(F)P(=O)(O)O)c(Br)c4c3)c2)c1. The number of nitriles is 1. The van der Waals surface area contributed by atoms with E-state index in [2.05, 4.69) is 27.3 Å². The third-order valence-corrected chi connectivity index (χ3v) is 8.41. The maximum absolute atomic E-state index is 14.3. The van der Waals surface area contributed by atoms with Crippen LogP contribution in [0.25, 0.3) is 21.2 Å². The highest BCUT2D eigenvalue weighted by molar-refractivity contribution is 9.10. The molecule has 3 N–H and O–H groups in total. The first kappa shape index (κ1) is 24.2. The Labute approximate surface area is 204 Å². The van der Waals surface area contributed by atoms with Gasteiger partial charge >= 0.3 is 13.3 Å². The number of carbonyl (C=O) groups is 1. The molecule has 3 aromatic carbocycles. The van der Waals surface area contributed by atoms with E-state index >= 15 is 0 Å². The molecule has 1 heterocycles. The van der Waals surface area contributed by atoms with E-state index in [1.165, 1.54) is 18.2 Å². The minimum atomic E-state index is -5.74. The van der Waals surface area contributed by atoms with E-state index < -0.39 is 24.0 Å². The molecule has 1 amide bonds. The van der Waals surface area contributed by atoms with Crippen molar-refractivity contribution in [2.45, 2.75) is 5.66 Å². The van der Waals surface area contributed by atoms with E-state index in [4.69, 9.17) is 15.0 Å². The van der Waals surface area contributed by atoms with Gasteiger partial charge in [0.1, 0.15) is 4.88 Å². The molecule has 172 valence electrons. The van der Waals surface area contributed by atoms with Gasteiger partial charge in [0.15, 0.2) is 0 Å². The molecule has 0 saturated carbocycles. The predicted octanol–water partition coefficient (Wildman–Crippen LogP) is 6.68. The summed E-state index contributed by atoms with van der Waals surface area (Å²) in [6.07, 6.45) is 0. The molecule has 0 spiro atoms. The van der Waals surface area contributed by atoms with Crippen molar-refractivity contribution in [2.24, 2.45) is 0 Å². The highest BCUT2D eigenvalue weighted by Gasteiger charge is 2.53. The number of carbonyl (C=O) groups excluding carboxylic acids is 1. The lowest BCUT2D eigenvalue weighted by Crippen LogP contribution is -2.12. The smallest absolute Gasteiger partial charge is 0.322 e. The minimum Gasteiger partial charge on any atom is -0.322 e. The highest BCUT2D eigenvalue weighted by atomic mass is 79.9. The molecule has 0 saturated heterocycles. The second kappa shape index (κ2) is 9.02. The van der Waals surface area contributed by atoms with Crippen molar-refractivity contribution in [1.29, 1.82) is 5.26 Å². The molecule has 34 heavy (non-hydrogen) atoms. The lowest BCUT2D eigenvalue weighted by Gasteiger charge is -2.16. The number of rotatable bonds is 5. The fourth-order valence-electron chi connectivity index (χ4n) is 3.28. The molecule has 0 aliphatic carbocycles. The molecule has 1 aromatic heterocycles. The molecular weight excluding hydrogens is 549 g/mol. The van der Waals surface area contributed by atoms with Crippen LogP contribution in [0.2, 0.25) is 0 Å². The van der Waals surface area contributed by atoms with Crippen molar-refractivity contribution < 1.29 is 27.9 Å². The summed E-state index contributed by atoms with van der Waals surface area (Å²) >= 11 is 3.55. The number of halogens is 3. The van der Waals surface area contributed by atoms with Crippen molar-refractivity contribution in [3.05, 3.63) is 87.2 Å². The lowest BCUT2D eigenvalue weighted by molar-refractivity contribution is 0.0595.